The molecule has 0 aliphatic rings. The Morgan fingerprint density at radius 3 is 2.50 bits per heavy atom. The highest BCUT2D eigenvalue weighted by Crippen LogP contribution is 2.17. The van der Waals surface area contributed by atoms with Crippen LogP contribution in [0.4, 0.5) is 0 Å². The van der Waals surface area contributed by atoms with Crippen LogP contribution in [0.2, 0.25) is 0 Å². The Hall–Kier alpha value is -1.29. The van der Waals surface area contributed by atoms with Crippen LogP contribution in [0.5, 0.6) is 5.75 Å². The Morgan fingerprint density at radius 1 is 1.25 bits per heavy atom. The molecule has 4 heteroatoms. The summed E-state index contributed by atoms with van der Waals surface area (Å²) in [5.41, 5.74) is 0.911. The molecule has 1 heterocycles. The fraction of sp³-hybridized carbons (Fsp3) is 0.250. The van der Waals surface area contributed by atoms with Gasteiger partial charge in [-0.25, -0.2) is 4.98 Å². The summed E-state index contributed by atoms with van der Waals surface area (Å²) in [6.45, 7) is 4.17. The van der Waals surface area contributed by atoms with Crippen LogP contribution in [0.25, 0.3) is 0 Å². The predicted octanol–water partition coefficient (Wildman–Crippen LogP) is 3.63. The third-order valence-corrected chi connectivity index (χ3v) is 2.78. The molecule has 0 radical (unpaired) electrons. The van der Waals surface area contributed by atoms with Crippen LogP contribution in [0.1, 0.15) is 17.3 Å². The van der Waals surface area contributed by atoms with Crippen LogP contribution in [0.15, 0.2) is 33.2 Å². The second-order valence-corrected chi connectivity index (χ2v) is 4.41. The van der Waals surface area contributed by atoms with Crippen LogP contribution in [0.3, 0.4) is 0 Å². The van der Waals surface area contributed by atoms with E-state index in [4.69, 9.17) is 9.15 Å². The van der Waals surface area contributed by atoms with Gasteiger partial charge in [-0.15, -0.1) is 0 Å². The first-order chi connectivity index (χ1) is 7.65. The fourth-order valence-corrected chi connectivity index (χ4v) is 1.54. The Bertz CT molecular complexity index is 457. The fourth-order valence-electron chi connectivity index (χ4n) is 1.28. The normalized spacial score (nSPS) is 10.4. The van der Waals surface area contributed by atoms with Gasteiger partial charge in [-0.3, -0.25) is 0 Å². The molecule has 0 aliphatic heterocycles. The van der Waals surface area contributed by atoms with Crippen LogP contribution >= 0.6 is 15.9 Å². The van der Waals surface area contributed by atoms with E-state index in [2.05, 4.69) is 20.9 Å². The monoisotopic (exact) mass is 281 g/mol. The third-order valence-electron chi connectivity index (χ3n) is 2.25. The highest BCUT2D eigenvalue weighted by Gasteiger charge is 2.05. The zero-order valence-electron chi connectivity index (χ0n) is 9.16. The molecular formula is C12H12BrNO2. The maximum atomic E-state index is 5.54. The number of oxazole rings is 1. The molecule has 0 amide bonds. The SMILES string of the molecule is Cc1nc(COc2ccc(Br)cc2)oc1C. The Labute approximate surface area is 103 Å². The van der Waals surface area contributed by atoms with Crippen molar-refractivity contribution in [3.63, 3.8) is 0 Å². The van der Waals surface area contributed by atoms with Crippen molar-refractivity contribution >= 4 is 15.9 Å². The van der Waals surface area contributed by atoms with Gasteiger partial charge in [0.25, 0.3) is 0 Å². The molecule has 2 rings (SSSR count). The number of hydrogen-bond donors (Lipinski definition) is 0. The topological polar surface area (TPSA) is 35.3 Å². The molecule has 16 heavy (non-hydrogen) atoms. The smallest absolute Gasteiger partial charge is 0.232 e. The zero-order valence-corrected chi connectivity index (χ0v) is 10.7. The molecular weight excluding hydrogens is 270 g/mol. The van der Waals surface area contributed by atoms with Gasteiger partial charge in [0, 0.05) is 4.47 Å². The van der Waals surface area contributed by atoms with Crippen molar-refractivity contribution in [2.24, 2.45) is 0 Å². The molecule has 0 N–H and O–H groups in total. The zero-order chi connectivity index (χ0) is 11.5. The van der Waals surface area contributed by atoms with E-state index in [9.17, 15) is 0 Å². The predicted molar refractivity (Wildman–Crippen MR) is 64.5 cm³/mol. The van der Waals surface area contributed by atoms with Gasteiger partial charge in [-0.05, 0) is 38.1 Å². The van der Waals surface area contributed by atoms with Crippen molar-refractivity contribution in [2.45, 2.75) is 20.5 Å². The highest BCUT2D eigenvalue weighted by atomic mass is 79.9. The largest absolute Gasteiger partial charge is 0.484 e. The number of aryl methyl sites for hydroxylation is 2. The summed E-state index contributed by atoms with van der Waals surface area (Å²) < 4.78 is 12.0. The van der Waals surface area contributed by atoms with E-state index in [1.807, 2.05) is 38.1 Å². The van der Waals surface area contributed by atoms with Gasteiger partial charge in [-0.2, -0.15) is 0 Å². The first-order valence-electron chi connectivity index (χ1n) is 4.96. The van der Waals surface area contributed by atoms with E-state index in [0.29, 0.717) is 12.5 Å². The Balaban J connectivity index is 1.99. The van der Waals surface area contributed by atoms with Crippen LogP contribution < -0.4 is 4.74 Å². The van der Waals surface area contributed by atoms with Gasteiger partial charge >= 0.3 is 0 Å². The van der Waals surface area contributed by atoms with E-state index in [1.165, 1.54) is 0 Å². The molecule has 1 aromatic heterocycles. The average molecular weight is 282 g/mol. The maximum Gasteiger partial charge on any atom is 0.232 e. The summed E-state index contributed by atoms with van der Waals surface area (Å²) in [5, 5.41) is 0. The number of benzene rings is 1. The molecule has 0 bridgehead atoms. The van der Waals surface area contributed by atoms with E-state index in [1.54, 1.807) is 0 Å². The third kappa shape index (κ3) is 2.64. The molecule has 0 aliphatic carbocycles. The summed E-state index contributed by atoms with van der Waals surface area (Å²) in [7, 11) is 0. The number of nitrogens with zero attached hydrogens (tertiary/aromatic N) is 1. The summed E-state index contributed by atoms with van der Waals surface area (Å²) >= 11 is 3.37. The minimum absolute atomic E-state index is 0.357. The molecule has 3 nitrogen and oxygen atoms in total. The van der Waals surface area contributed by atoms with Crippen LogP contribution in [-0.4, -0.2) is 4.98 Å². The van der Waals surface area contributed by atoms with Crippen LogP contribution in [-0.2, 0) is 6.61 Å². The Morgan fingerprint density at radius 2 is 1.94 bits per heavy atom. The molecule has 0 atom stereocenters. The second kappa shape index (κ2) is 4.70. The van der Waals surface area contributed by atoms with Crippen molar-refractivity contribution in [2.75, 3.05) is 0 Å². The summed E-state index contributed by atoms with van der Waals surface area (Å²) in [4.78, 5) is 4.24. The van der Waals surface area contributed by atoms with E-state index < -0.39 is 0 Å². The quantitative estimate of drug-likeness (QED) is 0.862. The van der Waals surface area contributed by atoms with Crippen molar-refractivity contribution in [1.82, 2.24) is 4.98 Å². The Kier molecular flexibility index (Phi) is 3.29. The number of ether oxygens (including phenoxy) is 1. The van der Waals surface area contributed by atoms with Crippen LogP contribution in [0, 0.1) is 13.8 Å². The molecule has 0 spiro atoms. The van der Waals surface area contributed by atoms with E-state index in [0.717, 1.165) is 21.7 Å². The van der Waals surface area contributed by atoms with Gasteiger partial charge in [0.2, 0.25) is 5.89 Å². The minimum Gasteiger partial charge on any atom is -0.484 e. The summed E-state index contributed by atoms with van der Waals surface area (Å²) in [6, 6.07) is 7.66. The first-order valence-corrected chi connectivity index (χ1v) is 5.76. The molecule has 84 valence electrons. The van der Waals surface area contributed by atoms with E-state index >= 15 is 0 Å². The maximum absolute atomic E-state index is 5.54. The molecule has 2 aromatic rings. The van der Waals surface area contributed by atoms with Crippen molar-refractivity contribution in [3.8, 4) is 5.75 Å². The lowest BCUT2D eigenvalue weighted by atomic mass is 10.3. The van der Waals surface area contributed by atoms with Gasteiger partial charge in [0.15, 0.2) is 6.61 Å². The lowest BCUT2D eigenvalue weighted by Gasteiger charge is -2.02. The van der Waals surface area contributed by atoms with Crippen molar-refractivity contribution < 1.29 is 9.15 Å². The summed E-state index contributed by atoms with van der Waals surface area (Å²) in [5.74, 6) is 2.25. The molecule has 0 unspecified atom stereocenters. The minimum atomic E-state index is 0.357. The van der Waals surface area contributed by atoms with Gasteiger partial charge in [0.05, 0.1) is 5.69 Å². The standard InChI is InChI=1S/C12H12BrNO2/c1-8-9(2)16-12(14-8)7-15-11-5-3-10(13)4-6-11/h3-6H,7H2,1-2H3. The number of rotatable bonds is 3. The number of aromatic nitrogens is 1. The average Bonchev–Trinajstić information content (AvgIpc) is 2.58. The number of hydrogen-bond acceptors (Lipinski definition) is 3. The first kappa shape index (κ1) is 11.2. The van der Waals surface area contributed by atoms with E-state index in [-0.39, 0.29) is 0 Å². The lowest BCUT2D eigenvalue weighted by molar-refractivity contribution is 0.260. The second-order valence-electron chi connectivity index (χ2n) is 3.49. The molecule has 1 aromatic carbocycles. The van der Waals surface area contributed by atoms with Crippen molar-refractivity contribution in [3.05, 3.63) is 46.1 Å². The summed E-state index contributed by atoms with van der Waals surface area (Å²) in [6.07, 6.45) is 0. The lowest BCUT2D eigenvalue weighted by Crippen LogP contribution is -1.95. The molecule has 0 saturated carbocycles. The number of halogens is 1. The van der Waals surface area contributed by atoms with Gasteiger partial charge in [-0.1, -0.05) is 15.9 Å². The van der Waals surface area contributed by atoms with Gasteiger partial charge in [0.1, 0.15) is 11.5 Å². The van der Waals surface area contributed by atoms with Gasteiger partial charge < -0.3 is 9.15 Å². The highest BCUT2D eigenvalue weighted by molar-refractivity contribution is 9.10. The molecule has 0 saturated heterocycles. The molecule has 0 fully saturated rings. The van der Waals surface area contributed by atoms with Crippen molar-refractivity contribution in [1.29, 1.82) is 0 Å².